The molecule has 1 aliphatic rings. The number of aliphatic imine (C=N–C) groups is 1. The number of halogens is 1. The Balaban J connectivity index is 2.03. The minimum absolute atomic E-state index is 0.0368. The summed E-state index contributed by atoms with van der Waals surface area (Å²) in [4.78, 5) is 18.3. The second-order valence-corrected chi connectivity index (χ2v) is 8.86. The van der Waals surface area contributed by atoms with E-state index in [1.807, 2.05) is 0 Å². The summed E-state index contributed by atoms with van der Waals surface area (Å²) in [6, 6.07) is 8.97. The number of ether oxygens (including phenoxy) is 1. The molecule has 0 radical (unpaired) electrons. The third-order valence-electron chi connectivity index (χ3n) is 5.72. The highest BCUT2D eigenvalue weighted by Crippen LogP contribution is 2.45. The van der Waals surface area contributed by atoms with E-state index in [0.717, 1.165) is 30.7 Å². The molecule has 0 spiro atoms. The molecular weight excluding hydrogens is 400 g/mol. The quantitative estimate of drug-likeness (QED) is 0.548. The van der Waals surface area contributed by atoms with Crippen LogP contribution in [0.5, 0.6) is 5.75 Å². The van der Waals surface area contributed by atoms with Gasteiger partial charge in [-0.1, -0.05) is 25.4 Å². The lowest BCUT2D eigenvalue weighted by molar-refractivity contribution is 0.0697. The van der Waals surface area contributed by atoms with Crippen LogP contribution >= 0.6 is 11.6 Å². The van der Waals surface area contributed by atoms with Crippen molar-refractivity contribution in [1.82, 2.24) is 0 Å². The number of benzene rings is 2. The largest absolute Gasteiger partial charge is 0.496 e. The Labute approximate surface area is 183 Å². The molecule has 1 unspecified atom stereocenters. The molecule has 0 bridgehead atoms. The summed E-state index contributed by atoms with van der Waals surface area (Å²) in [6.45, 7) is 10.0. The third kappa shape index (κ3) is 4.31. The van der Waals surface area contributed by atoms with Gasteiger partial charge in [-0.2, -0.15) is 0 Å². The van der Waals surface area contributed by atoms with E-state index >= 15 is 0 Å². The summed E-state index contributed by atoms with van der Waals surface area (Å²) >= 11 is 5.96. The van der Waals surface area contributed by atoms with Crippen LogP contribution < -0.4 is 9.64 Å². The molecule has 160 valence electrons. The van der Waals surface area contributed by atoms with Gasteiger partial charge >= 0.3 is 5.97 Å². The molecule has 3 rings (SSSR count). The number of rotatable bonds is 6. The average molecular weight is 429 g/mol. The van der Waals surface area contributed by atoms with Crippen molar-refractivity contribution in [3.8, 4) is 5.75 Å². The standard InChI is InChI=1S/C24H29ClN2O3/c1-6-9-27-21-12-22(30-5)16(10-18(21)15(2)13-24(27,3)4)14-26-17-7-8-20(25)19(11-17)23(28)29/h7-8,10-12,14-15H,6,9,13H2,1-5H3,(H,28,29). The summed E-state index contributed by atoms with van der Waals surface area (Å²) in [6.07, 6.45) is 3.87. The Hall–Kier alpha value is -2.53. The van der Waals surface area contributed by atoms with Gasteiger partial charge in [-0.15, -0.1) is 0 Å². The van der Waals surface area contributed by atoms with Gasteiger partial charge in [0.05, 0.1) is 23.4 Å². The third-order valence-corrected chi connectivity index (χ3v) is 6.05. The number of fused-ring (bicyclic) bond motifs is 1. The minimum Gasteiger partial charge on any atom is -0.496 e. The van der Waals surface area contributed by atoms with Gasteiger partial charge in [0.2, 0.25) is 0 Å². The van der Waals surface area contributed by atoms with Gasteiger partial charge in [0.15, 0.2) is 0 Å². The number of nitrogens with zero attached hydrogens (tertiary/aromatic N) is 2. The molecule has 2 aromatic rings. The van der Waals surface area contributed by atoms with Crippen LogP contribution in [-0.4, -0.2) is 36.5 Å². The van der Waals surface area contributed by atoms with Crippen molar-refractivity contribution in [1.29, 1.82) is 0 Å². The molecule has 0 amide bonds. The van der Waals surface area contributed by atoms with Crippen LogP contribution in [0, 0.1) is 0 Å². The number of anilines is 1. The minimum atomic E-state index is -1.07. The number of carbonyl (C=O) groups is 1. The lowest BCUT2D eigenvalue weighted by Crippen LogP contribution is -2.48. The topological polar surface area (TPSA) is 62.1 Å². The fourth-order valence-corrected chi connectivity index (χ4v) is 4.55. The van der Waals surface area contributed by atoms with Crippen molar-refractivity contribution in [3.05, 3.63) is 52.0 Å². The van der Waals surface area contributed by atoms with Crippen LogP contribution in [0.4, 0.5) is 11.4 Å². The van der Waals surface area contributed by atoms with Crippen molar-refractivity contribution >= 4 is 35.2 Å². The highest BCUT2D eigenvalue weighted by molar-refractivity contribution is 6.33. The Kier molecular flexibility index (Phi) is 6.41. The number of hydrogen-bond donors (Lipinski definition) is 1. The molecule has 0 aliphatic carbocycles. The van der Waals surface area contributed by atoms with Crippen LogP contribution in [0.1, 0.15) is 67.9 Å². The van der Waals surface area contributed by atoms with Gasteiger partial charge in [-0.25, -0.2) is 4.79 Å². The van der Waals surface area contributed by atoms with Gasteiger partial charge < -0.3 is 14.7 Å². The zero-order valence-corrected chi connectivity index (χ0v) is 19.0. The first-order valence-electron chi connectivity index (χ1n) is 10.2. The smallest absolute Gasteiger partial charge is 0.337 e. The molecule has 1 atom stereocenters. The van der Waals surface area contributed by atoms with E-state index in [1.165, 1.54) is 17.3 Å². The lowest BCUT2D eigenvalue weighted by Gasteiger charge is -2.47. The van der Waals surface area contributed by atoms with Crippen LogP contribution in [0.2, 0.25) is 5.02 Å². The first-order valence-corrected chi connectivity index (χ1v) is 10.6. The summed E-state index contributed by atoms with van der Waals surface area (Å²) in [5.41, 5.74) is 4.01. The van der Waals surface area contributed by atoms with Gasteiger partial charge in [0.1, 0.15) is 5.75 Å². The maximum atomic E-state index is 11.3. The van der Waals surface area contributed by atoms with Crippen molar-refractivity contribution < 1.29 is 14.6 Å². The van der Waals surface area contributed by atoms with E-state index in [0.29, 0.717) is 11.6 Å². The molecule has 0 saturated heterocycles. The van der Waals surface area contributed by atoms with Gasteiger partial charge in [-0.3, -0.25) is 4.99 Å². The molecule has 6 heteroatoms. The van der Waals surface area contributed by atoms with E-state index in [1.54, 1.807) is 25.5 Å². The first-order chi connectivity index (χ1) is 14.2. The summed E-state index contributed by atoms with van der Waals surface area (Å²) < 4.78 is 5.68. The molecule has 0 fully saturated rings. The summed E-state index contributed by atoms with van der Waals surface area (Å²) in [7, 11) is 1.66. The van der Waals surface area contributed by atoms with E-state index in [4.69, 9.17) is 16.3 Å². The molecule has 30 heavy (non-hydrogen) atoms. The van der Waals surface area contributed by atoms with Gasteiger partial charge in [0, 0.05) is 35.6 Å². The molecule has 1 heterocycles. The fraction of sp³-hybridized carbons (Fsp3) is 0.417. The molecular formula is C24H29ClN2O3. The van der Waals surface area contributed by atoms with Crippen LogP contribution in [0.3, 0.4) is 0 Å². The van der Waals surface area contributed by atoms with Crippen molar-refractivity contribution in [2.24, 2.45) is 4.99 Å². The normalized spacial score (nSPS) is 17.8. The molecule has 5 nitrogen and oxygen atoms in total. The maximum Gasteiger partial charge on any atom is 0.337 e. The number of carboxylic acid groups (broad SMARTS) is 1. The molecule has 0 aromatic heterocycles. The second kappa shape index (κ2) is 8.68. The molecule has 1 N–H and O–H groups in total. The van der Waals surface area contributed by atoms with Crippen molar-refractivity contribution in [3.63, 3.8) is 0 Å². The molecule has 1 aliphatic heterocycles. The first kappa shape index (κ1) is 22.2. The Morgan fingerprint density at radius 3 is 2.73 bits per heavy atom. The number of methoxy groups -OCH3 is 1. The SMILES string of the molecule is CCCN1c2cc(OC)c(C=Nc3ccc(Cl)c(C(=O)O)c3)cc2C(C)CC1(C)C. The fourth-order valence-electron chi connectivity index (χ4n) is 4.35. The summed E-state index contributed by atoms with van der Waals surface area (Å²) in [5.74, 6) is 0.0853. The number of aromatic carboxylic acids is 1. The zero-order chi connectivity index (χ0) is 22.1. The van der Waals surface area contributed by atoms with Gasteiger partial charge in [-0.05, 0) is 62.4 Å². The predicted molar refractivity (Wildman–Crippen MR) is 123 cm³/mol. The zero-order valence-electron chi connectivity index (χ0n) is 18.2. The summed E-state index contributed by atoms with van der Waals surface area (Å²) in [5, 5.41) is 9.46. The highest BCUT2D eigenvalue weighted by atomic mass is 35.5. The van der Waals surface area contributed by atoms with Crippen LogP contribution in [0.15, 0.2) is 35.3 Å². The Morgan fingerprint density at radius 1 is 1.37 bits per heavy atom. The molecule has 0 saturated carbocycles. The van der Waals surface area contributed by atoms with Crippen molar-refractivity contribution in [2.75, 3.05) is 18.6 Å². The van der Waals surface area contributed by atoms with E-state index in [2.05, 4.69) is 49.7 Å². The lowest BCUT2D eigenvalue weighted by atomic mass is 9.79. The van der Waals surface area contributed by atoms with E-state index in [9.17, 15) is 9.90 Å². The number of hydrogen-bond acceptors (Lipinski definition) is 4. The van der Waals surface area contributed by atoms with Gasteiger partial charge in [0.25, 0.3) is 0 Å². The maximum absolute atomic E-state index is 11.3. The van der Waals surface area contributed by atoms with E-state index < -0.39 is 5.97 Å². The number of carboxylic acids is 1. The van der Waals surface area contributed by atoms with E-state index in [-0.39, 0.29) is 16.1 Å². The predicted octanol–water partition coefficient (Wildman–Crippen LogP) is 6.30. The van der Waals surface area contributed by atoms with Crippen LogP contribution in [0.25, 0.3) is 0 Å². The Morgan fingerprint density at radius 2 is 2.10 bits per heavy atom. The average Bonchev–Trinajstić information content (AvgIpc) is 2.69. The van der Waals surface area contributed by atoms with Crippen molar-refractivity contribution in [2.45, 2.75) is 52.0 Å². The van der Waals surface area contributed by atoms with Crippen LogP contribution in [-0.2, 0) is 0 Å². The highest BCUT2D eigenvalue weighted by Gasteiger charge is 2.36. The Bertz CT molecular complexity index is 985. The monoisotopic (exact) mass is 428 g/mol. The second-order valence-electron chi connectivity index (χ2n) is 8.45. The molecule has 2 aromatic carbocycles.